The summed E-state index contributed by atoms with van der Waals surface area (Å²) >= 11 is 0. The van der Waals surface area contributed by atoms with Crippen LogP contribution in [0.5, 0.6) is 17.2 Å². The zero-order valence-electron chi connectivity index (χ0n) is 19.1. The topological polar surface area (TPSA) is 86.1 Å². The molecule has 0 bridgehead atoms. The van der Waals surface area contributed by atoms with Crippen LogP contribution in [-0.2, 0) is 0 Å². The maximum Gasteiger partial charge on any atom is 0.255 e. The number of nitrogens with one attached hydrogen (secondary N) is 1. The Morgan fingerprint density at radius 2 is 1.58 bits per heavy atom. The van der Waals surface area contributed by atoms with E-state index in [1.165, 1.54) is 21.3 Å². The first-order chi connectivity index (χ1) is 15.9. The Labute approximate surface area is 191 Å². The zero-order chi connectivity index (χ0) is 23.5. The number of carbonyl (C=O) groups excluding carboxylic acids is 1. The molecule has 0 aliphatic rings. The standard InChI is InChI=1S/C25H25N3O5/c1-28(2)18-9-6-15(7-10-18)25-27-19-11-8-17(14-20(19)33-25)26-24(29)16-12-21(30-3)23(32-5)22(13-16)31-4/h6-14H,1-5H3,(H,26,29). The molecule has 0 saturated heterocycles. The van der Waals surface area contributed by atoms with Gasteiger partial charge in [0.1, 0.15) is 5.52 Å². The van der Waals surface area contributed by atoms with E-state index in [-0.39, 0.29) is 5.91 Å². The molecule has 170 valence electrons. The van der Waals surface area contributed by atoms with Crippen LogP contribution in [0.2, 0.25) is 0 Å². The number of ether oxygens (including phenoxy) is 3. The van der Waals surface area contributed by atoms with Crippen LogP contribution < -0.4 is 24.4 Å². The Hall–Kier alpha value is -4.20. The third kappa shape index (κ3) is 4.41. The van der Waals surface area contributed by atoms with Crippen molar-refractivity contribution in [2.75, 3.05) is 45.6 Å². The third-order valence-corrected chi connectivity index (χ3v) is 5.20. The summed E-state index contributed by atoms with van der Waals surface area (Å²) in [6.45, 7) is 0. The molecular weight excluding hydrogens is 422 g/mol. The molecule has 1 amide bonds. The fourth-order valence-electron chi connectivity index (χ4n) is 3.44. The van der Waals surface area contributed by atoms with Crippen molar-refractivity contribution < 1.29 is 23.4 Å². The van der Waals surface area contributed by atoms with Gasteiger partial charge in [-0.2, -0.15) is 0 Å². The van der Waals surface area contributed by atoms with E-state index in [0.717, 1.165) is 11.3 Å². The lowest BCUT2D eigenvalue weighted by molar-refractivity contribution is 0.102. The molecule has 0 saturated carbocycles. The number of fused-ring (bicyclic) bond motifs is 1. The summed E-state index contributed by atoms with van der Waals surface area (Å²) in [6, 6.07) is 16.5. The Bertz CT molecular complexity index is 1270. The van der Waals surface area contributed by atoms with Gasteiger partial charge in [0.15, 0.2) is 17.1 Å². The predicted octanol–water partition coefficient (Wildman–Crippen LogP) is 4.84. The van der Waals surface area contributed by atoms with Gasteiger partial charge in [0, 0.05) is 42.7 Å². The second-order valence-electron chi connectivity index (χ2n) is 7.51. The Morgan fingerprint density at radius 3 is 2.15 bits per heavy atom. The molecule has 0 spiro atoms. The molecule has 3 aromatic carbocycles. The van der Waals surface area contributed by atoms with Crippen LogP contribution in [0.25, 0.3) is 22.6 Å². The molecule has 1 N–H and O–H groups in total. The van der Waals surface area contributed by atoms with Gasteiger partial charge in [0.25, 0.3) is 5.91 Å². The van der Waals surface area contributed by atoms with Gasteiger partial charge in [-0.1, -0.05) is 0 Å². The Kier molecular flexibility index (Phi) is 6.08. The molecule has 4 rings (SSSR count). The van der Waals surface area contributed by atoms with Crippen LogP contribution in [0, 0.1) is 0 Å². The van der Waals surface area contributed by atoms with Crippen molar-refractivity contribution in [2.45, 2.75) is 0 Å². The van der Waals surface area contributed by atoms with Gasteiger partial charge in [-0.3, -0.25) is 4.79 Å². The van der Waals surface area contributed by atoms with Crippen molar-refractivity contribution in [2.24, 2.45) is 0 Å². The molecule has 1 heterocycles. The molecule has 1 aromatic heterocycles. The summed E-state index contributed by atoms with van der Waals surface area (Å²) in [5.74, 6) is 1.41. The molecule has 0 fully saturated rings. The lowest BCUT2D eigenvalue weighted by Gasteiger charge is -2.14. The minimum Gasteiger partial charge on any atom is -0.493 e. The summed E-state index contributed by atoms with van der Waals surface area (Å²) in [5, 5.41) is 2.88. The lowest BCUT2D eigenvalue weighted by atomic mass is 10.1. The van der Waals surface area contributed by atoms with Gasteiger partial charge >= 0.3 is 0 Å². The van der Waals surface area contributed by atoms with Crippen molar-refractivity contribution in [1.29, 1.82) is 0 Å². The first-order valence-electron chi connectivity index (χ1n) is 10.2. The number of rotatable bonds is 7. The maximum absolute atomic E-state index is 12.9. The van der Waals surface area contributed by atoms with Crippen LogP contribution in [0.4, 0.5) is 11.4 Å². The van der Waals surface area contributed by atoms with Crippen LogP contribution in [-0.4, -0.2) is 46.3 Å². The van der Waals surface area contributed by atoms with E-state index in [9.17, 15) is 4.79 Å². The fraction of sp³-hybridized carbons (Fsp3) is 0.200. The van der Waals surface area contributed by atoms with Gasteiger partial charge < -0.3 is 28.8 Å². The van der Waals surface area contributed by atoms with Crippen molar-refractivity contribution in [3.05, 3.63) is 60.2 Å². The van der Waals surface area contributed by atoms with Crippen molar-refractivity contribution in [1.82, 2.24) is 4.98 Å². The Morgan fingerprint density at radius 1 is 0.909 bits per heavy atom. The molecular formula is C25H25N3O5. The van der Waals surface area contributed by atoms with Gasteiger partial charge in [0.2, 0.25) is 11.6 Å². The smallest absolute Gasteiger partial charge is 0.255 e. The number of anilines is 2. The van der Waals surface area contributed by atoms with Gasteiger partial charge in [0.05, 0.1) is 21.3 Å². The van der Waals surface area contributed by atoms with E-state index in [2.05, 4.69) is 10.3 Å². The summed E-state index contributed by atoms with van der Waals surface area (Å²) < 4.78 is 21.9. The van der Waals surface area contributed by atoms with Crippen LogP contribution in [0.15, 0.2) is 59.0 Å². The summed E-state index contributed by atoms with van der Waals surface area (Å²) in [6.07, 6.45) is 0. The van der Waals surface area contributed by atoms with E-state index < -0.39 is 0 Å². The Balaban J connectivity index is 1.59. The quantitative estimate of drug-likeness (QED) is 0.434. The second-order valence-corrected chi connectivity index (χ2v) is 7.51. The second kappa shape index (κ2) is 9.12. The van der Waals surface area contributed by atoms with E-state index >= 15 is 0 Å². The number of nitrogens with zero attached hydrogens (tertiary/aromatic N) is 2. The molecule has 8 heteroatoms. The number of hydrogen-bond donors (Lipinski definition) is 1. The molecule has 0 atom stereocenters. The van der Waals surface area contributed by atoms with Crippen LogP contribution in [0.1, 0.15) is 10.4 Å². The van der Waals surface area contributed by atoms with Crippen LogP contribution >= 0.6 is 0 Å². The summed E-state index contributed by atoms with van der Waals surface area (Å²) in [7, 11) is 8.49. The molecule has 0 radical (unpaired) electrons. The SMILES string of the molecule is COc1cc(C(=O)Nc2ccc3nc(-c4ccc(N(C)C)cc4)oc3c2)cc(OC)c1OC. The van der Waals surface area contributed by atoms with Gasteiger partial charge in [-0.25, -0.2) is 4.98 Å². The average Bonchev–Trinajstić information content (AvgIpc) is 3.26. The highest BCUT2D eigenvalue weighted by molar-refractivity contribution is 6.05. The largest absolute Gasteiger partial charge is 0.493 e. The first-order valence-corrected chi connectivity index (χ1v) is 10.2. The molecule has 8 nitrogen and oxygen atoms in total. The minimum absolute atomic E-state index is 0.326. The predicted molar refractivity (Wildman–Crippen MR) is 128 cm³/mol. The molecule has 4 aromatic rings. The summed E-state index contributed by atoms with van der Waals surface area (Å²) in [4.78, 5) is 19.5. The van der Waals surface area contributed by atoms with Crippen LogP contribution in [0.3, 0.4) is 0 Å². The number of hydrogen-bond acceptors (Lipinski definition) is 7. The van der Waals surface area contributed by atoms with Crippen molar-refractivity contribution in [3.63, 3.8) is 0 Å². The van der Waals surface area contributed by atoms with Crippen molar-refractivity contribution in [3.8, 4) is 28.7 Å². The monoisotopic (exact) mass is 447 g/mol. The number of methoxy groups -OCH3 is 3. The number of amides is 1. The zero-order valence-corrected chi connectivity index (χ0v) is 19.1. The van der Waals surface area contributed by atoms with E-state index in [1.54, 1.807) is 30.3 Å². The molecule has 33 heavy (non-hydrogen) atoms. The molecule has 0 aliphatic carbocycles. The van der Waals surface area contributed by atoms with E-state index in [4.69, 9.17) is 18.6 Å². The number of aromatic nitrogens is 1. The minimum atomic E-state index is -0.326. The fourth-order valence-corrected chi connectivity index (χ4v) is 3.44. The summed E-state index contributed by atoms with van der Waals surface area (Å²) in [5.41, 5.74) is 4.18. The van der Waals surface area contributed by atoms with Gasteiger partial charge in [-0.05, 0) is 48.5 Å². The lowest BCUT2D eigenvalue weighted by Crippen LogP contribution is -2.12. The maximum atomic E-state index is 12.9. The number of benzene rings is 3. The van der Waals surface area contributed by atoms with Crippen molar-refractivity contribution >= 4 is 28.4 Å². The average molecular weight is 447 g/mol. The van der Waals surface area contributed by atoms with Gasteiger partial charge in [-0.15, -0.1) is 0 Å². The first kappa shape index (κ1) is 22.0. The highest BCUT2D eigenvalue weighted by Crippen LogP contribution is 2.38. The normalized spacial score (nSPS) is 10.7. The highest BCUT2D eigenvalue weighted by atomic mass is 16.5. The number of carbonyl (C=O) groups is 1. The highest BCUT2D eigenvalue weighted by Gasteiger charge is 2.18. The molecule has 0 unspecified atom stereocenters. The van der Waals surface area contributed by atoms with E-state index in [0.29, 0.717) is 45.5 Å². The third-order valence-electron chi connectivity index (χ3n) is 5.20. The number of oxazole rings is 1. The van der Waals surface area contributed by atoms with E-state index in [1.807, 2.05) is 43.3 Å². The molecule has 0 aliphatic heterocycles.